The van der Waals surface area contributed by atoms with Gasteiger partial charge in [0, 0.05) is 27.4 Å². The number of nitrogens with zero attached hydrogens (tertiary/aromatic N) is 3. The number of thioether (sulfide) groups is 1. The highest BCUT2D eigenvalue weighted by molar-refractivity contribution is 8.13. The Kier molecular flexibility index (Phi) is 7.28. The Balaban J connectivity index is 1.52. The monoisotopic (exact) mass is 531 g/mol. The molecule has 1 fully saturated rings. The second kappa shape index (κ2) is 10.4. The van der Waals surface area contributed by atoms with Crippen molar-refractivity contribution in [3.63, 3.8) is 0 Å². The van der Waals surface area contributed by atoms with E-state index in [9.17, 15) is 4.79 Å². The molecule has 0 saturated heterocycles. The number of rotatable bonds is 6. The van der Waals surface area contributed by atoms with Crippen LogP contribution in [0.5, 0.6) is 11.5 Å². The third kappa shape index (κ3) is 4.91. The highest BCUT2D eigenvalue weighted by Gasteiger charge is 2.43. The van der Waals surface area contributed by atoms with Gasteiger partial charge in [-0.15, -0.1) is 0 Å². The van der Waals surface area contributed by atoms with Crippen LogP contribution in [0.3, 0.4) is 0 Å². The van der Waals surface area contributed by atoms with Gasteiger partial charge in [0.1, 0.15) is 11.9 Å². The minimum atomic E-state index is -0.351. The Bertz CT molecular complexity index is 1210. The summed E-state index contributed by atoms with van der Waals surface area (Å²) in [5.74, 6) is 2.76. The maximum absolute atomic E-state index is 13.2. The number of halogens is 2. The van der Waals surface area contributed by atoms with Crippen molar-refractivity contribution in [2.24, 2.45) is 15.9 Å². The minimum absolute atomic E-state index is 0.109. The van der Waals surface area contributed by atoms with Gasteiger partial charge in [0.05, 0.1) is 19.9 Å². The molecule has 1 atom stereocenters. The topological polar surface area (TPSA) is 63.5 Å². The van der Waals surface area contributed by atoms with Gasteiger partial charge in [-0.3, -0.25) is 9.69 Å². The molecule has 0 spiro atoms. The van der Waals surface area contributed by atoms with E-state index in [1.54, 1.807) is 26.4 Å². The third-order valence-electron chi connectivity index (χ3n) is 6.85. The van der Waals surface area contributed by atoms with Gasteiger partial charge in [0.25, 0.3) is 5.91 Å². The summed E-state index contributed by atoms with van der Waals surface area (Å²) in [7, 11) is 3.19. The highest BCUT2D eigenvalue weighted by atomic mass is 35.5. The summed E-state index contributed by atoms with van der Waals surface area (Å²) in [6.07, 6.45) is 6.83. The second-order valence-electron chi connectivity index (χ2n) is 9.04. The molecule has 1 unspecified atom stereocenters. The van der Waals surface area contributed by atoms with Gasteiger partial charge >= 0.3 is 0 Å². The summed E-state index contributed by atoms with van der Waals surface area (Å²) in [5, 5.41) is 2.01. The third-order valence-corrected chi connectivity index (χ3v) is 8.46. The zero-order valence-electron chi connectivity index (χ0n) is 19.7. The second-order valence-corrected chi connectivity index (χ2v) is 10.8. The minimum Gasteiger partial charge on any atom is -0.493 e. The quantitative estimate of drug-likeness (QED) is 0.406. The van der Waals surface area contributed by atoms with E-state index in [2.05, 4.69) is 4.99 Å². The summed E-state index contributed by atoms with van der Waals surface area (Å²) in [6.45, 7) is 0. The molecule has 35 heavy (non-hydrogen) atoms. The molecular formula is C26H27Cl2N3O3S. The average molecular weight is 532 g/mol. The van der Waals surface area contributed by atoms with Gasteiger partial charge in [0.2, 0.25) is 0 Å². The van der Waals surface area contributed by atoms with Gasteiger partial charge < -0.3 is 9.47 Å². The highest BCUT2D eigenvalue weighted by Crippen LogP contribution is 2.43. The van der Waals surface area contributed by atoms with Crippen molar-refractivity contribution in [2.75, 3.05) is 14.2 Å². The van der Waals surface area contributed by atoms with E-state index < -0.39 is 0 Å². The molecule has 184 valence electrons. The molecule has 2 aliphatic heterocycles. The number of amides is 1. The van der Waals surface area contributed by atoms with Gasteiger partial charge in [-0.1, -0.05) is 67.1 Å². The van der Waals surface area contributed by atoms with E-state index in [0.717, 1.165) is 35.6 Å². The number of methoxy groups -OCH3 is 2. The van der Waals surface area contributed by atoms with Crippen LogP contribution in [0.15, 0.2) is 40.3 Å². The van der Waals surface area contributed by atoms with Crippen molar-refractivity contribution >= 4 is 57.6 Å². The molecule has 0 aromatic heterocycles. The Morgan fingerprint density at radius 3 is 2.51 bits per heavy atom. The summed E-state index contributed by atoms with van der Waals surface area (Å²) in [4.78, 5) is 24.8. The SMILES string of the molecule is COc1cc2c(cc1OC)C1=NC(=O)C(CC3CCCCC3)N1C(SCc1cc(Cl)ccc1Cl)=N2. The van der Waals surface area contributed by atoms with Gasteiger partial charge in [-0.05, 0) is 42.2 Å². The fourth-order valence-corrected chi connectivity index (χ4v) is 6.54. The van der Waals surface area contributed by atoms with Crippen molar-refractivity contribution in [1.82, 2.24) is 4.90 Å². The Morgan fingerprint density at radius 2 is 1.77 bits per heavy atom. The number of fused-ring (bicyclic) bond motifs is 3. The Morgan fingerprint density at radius 1 is 1.03 bits per heavy atom. The van der Waals surface area contributed by atoms with Crippen LogP contribution >= 0.6 is 35.0 Å². The fourth-order valence-electron chi connectivity index (χ4n) is 5.04. The van der Waals surface area contributed by atoms with E-state index in [1.165, 1.54) is 31.0 Å². The number of carbonyl (C=O) groups excluding carboxylic acids is 1. The van der Waals surface area contributed by atoms with E-state index >= 15 is 0 Å². The number of amidine groups is 2. The van der Waals surface area contributed by atoms with Crippen molar-refractivity contribution < 1.29 is 14.3 Å². The van der Waals surface area contributed by atoms with E-state index in [4.69, 9.17) is 37.7 Å². The smallest absolute Gasteiger partial charge is 0.270 e. The number of carbonyl (C=O) groups is 1. The number of hydrogen-bond donors (Lipinski definition) is 0. The van der Waals surface area contributed by atoms with Gasteiger partial charge in [-0.2, -0.15) is 4.99 Å². The zero-order valence-corrected chi connectivity index (χ0v) is 22.1. The lowest BCUT2D eigenvalue weighted by Crippen LogP contribution is -2.44. The van der Waals surface area contributed by atoms with E-state index in [-0.39, 0.29) is 11.9 Å². The number of ether oxygens (including phenoxy) is 2. The summed E-state index contributed by atoms with van der Waals surface area (Å²) < 4.78 is 11.0. The molecule has 5 rings (SSSR count). The fraction of sp³-hybridized carbons (Fsp3) is 0.423. The van der Waals surface area contributed by atoms with Crippen LogP contribution in [0.25, 0.3) is 0 Å². The van der Waals surface area contributed by atoms with Crippen LogP contribution in [0, 0.1) is 5.92 Å². The molecule has 1 saturated carbocycles. The van der Waals surface area contributed by atoms with Crippen molar-refractivity contribution in [3.8, 4) is 11.5 Å². The lowest BCUT2D eigenvalue weighted by Gasteiger charge is -2.33. The van der Waals surface area contributed by atoms with Crippen LogP contribution < -0.4 is 9.47 Å². The maximum Gasteiger partial charge on any atom is 0.270 e. The number of benzene rings is 2. The van der Waals surface area contributed by atoms with Crippen molar-refractivity contribution in [3.05, 3.63) is 51.5 Å². The van der Waals surface area contributed by atoms with Crippen LogP contribution in [-0.2, 0) is 10.5 Å². The van der Waals surface area contributed by atoms with Crippen molar-refractivity contribution in [2.45, 2.75) is 50.3 Å². The average Bonchev–Trinajstić information content (AvgIpc) is 3.20. The van der Waals surface area contributed by atoms with E-state index in [1.807, 2.05) is 23.1 Å². The predicted molar refractivity (Wildman–Crippen MR) is 143 cm³/mol. The first-order chi connectivity index (χ1) is 17.0. The lowest BCUT2D eigenvalue weighted by molar-refractivity contribution is -0.120. The summed E-state index contributed by atoms with van der Waals surface area (Å²) in [5.41, 5.74) is 2.38. The van der Waals surface area contributed by atoms with Crippen LogP contribution in [0.1, 0.15) is 49.7 Å². The first-order valence-corrected chi connectivity index (χ1v) is 13.6. The van der Waals surface area contributed by atoms with Crippen LogP contribution in [-0.4, -0.2) is 42.1 Å². The Labute approximate surface area is 219 Å². The standard InChI is InChI=1S/C26H27Cl2N3O3S/c1-33-22-12-18-20(13-23(22)34-2)29-26(35-14-16-11-17(27)8-9-19(16)28)31-21(25(32)30-24(18)31)10-15-6-4-3-5-7-15/h8-9,11-13,15,21H,3-7,10,14H2,1-2H3. The number of hydrogen-bond acceptors (Lipinski definition) is 6. The molecule has 0 bridgehead atoms. The zero-order chi connectivity index (χ0) is 24.5. The first-order valence-electron chi connectivity index (χ1n) is 11.8. The molecule has 2 aromatic rings. The number of aliphatic imine (C=N–C) groups is 2. The Hall–Kier alpha value is -2.22. The molecule has 1 amide bonds. The van der Waals surface area contributed by atoms with Crippen LogP contribution in [0.2, 0.25) is 10.0 Å². The molecule has 0 radical (unpaired) electrons. The largest absolute Gasteiger partial charge is 0.493 e. The molecule has 0 N–H and O–H groups in total. The van der Waals surface area contributed by atoms with Crippen molar-refractivity contribution in [1.29, 1.82) is 0 Å². The molecule has 3 aliphatic rings. The molecular weight excluding hydrogens is 505 g/mol. The summed E-state index contributed by atoms with van der Waals surface area (Å²) >= 11 is 14.2. The summed E-state index contributed by atoms with van der Waals surface area (Å²) in [6, 6.07) is 8.78. The van der Waals surface area contributed by atoms with Gasteiger partial charge in [0.15, 0.2) is 16.7 Å². The molecule has 2 aromatic carbocycles. The molecule has 9 heteroatoms. The first kappa shape index (κ1) is 24.5. The predicted octanol–water partition coefficient (Wildman–Crippen LogP) is 6.87. The molecule has 6 nitrogen and oxygen atoms in total. The molecule has 2 heterocycles. The maximum atomic E-state index is 13.2. The lowest BCUT2D eigenvalue weighted by atomic mass is 9.84. The normalized spacial score (nSPS) is 19.7. The van der Waals surface area contributed by atoms with E-state index in [0.29, 0.717) is 44.7 Å². The molecule has 1 aliphatic carbocycles. The van der Waals surface area contributed by atoms with Gasteiger partial charge in [-0.25, -0.2) is 4.99 Å². The van der Waals surface area contributed by atoms with Crippen LogP contribution in [0.4, 0.5) is 5.69 Å².